The number of fused-ring (bicyclic) bond motifs is 3. The Morgan fingerprint density at radius 3 is 2.36 bits per heavy atom. The van der Waals surface area contributed by atoms with Gasteiger partial charge in [0.25, 0.3) is 0 Å². The highest BCUT2D eigenvalue weighted by Gasteiger charge is 2.51. The van der Waals surface area contributed by atoms with E-state index in [4.69, 9.17) is 14.2 Å². The van der Waals surface area contributed by atoms with Gasteiger partial charge < -0.3 is 29.3 Å². The molecule has 2 saturated heterocycles. The molecule has 1 aromatic rings. The van der Waals surface area contributed by atoms with E-state index in [2.05, 4.69) is 0 Å². The first-order chi connectivity index (χ1) is 15.6. The minimum Gasteiger partial charge on any atom is -0.508 e. The summed E-state index contributed by atoms with van der Waals surface area (Å²) in [6.07, 6.45) is -3.52. The van der Waals surface area contributed by atoms with Crippen LogP contribution in [0.2, 0.25) is 0 Å². The van der Waals surface area contributed by atoms with Gasteiger partial charge >= 0.3 is 5.97 Å². The predicted molar refractivity (Wildman–Crippen MR) is 114 cm³/mol. The lowest BCUT2D eigenvalue weighted by molar-refractivity contribution is -0.142. The fourth-order valence-electron chi connectivity index (χ4n) is 5.47. The molecule has 9 heteroatoms. The summed E-state index contributed by atoms with van der Waals surface area (Å²) in [7, 11) is 3.72. The molecule has 0 spiro atoms. The fraction of sp³-hybridized carbons (Fsp3) is 0.542. The molecule has 3 aliphatic heterocycles. The van der Waals surface area contributed by atoms with Gasteiger partial charge in [-0.2, -0.15) is 0 Å². The van der Waals surface area contributed by atoms with Crippen LogP contribution in [0.5, 0.6) is 5.75 Å². The highest BCUT2D eigenvalue weighted by Crippen LogP contribution is 2.44. The normalized spacial score (nSPS) is 35.9. The van der Waals surface area contributed by atoms with Crippen LogP contribution < -0.4 is 0 Å². The van der Waals surface area contributed by atoms with E-state index in [-0.39, 0.29) is 46.3 Å². The molecule has 0 aromatic heterocycles. The number of ether oxygens (including phenoxy) is 3. The Hall–Kier alpha value is -2.59. The number of benzene rings is 1. The molecular formula is C24H27NO8. The Morgan fingerprint density at radius 1 is 1.00 bits per heavy atom. The van der Waals surface area contributed by atoms with Crippen LogP contribution in [0.3, 0.4) is 0 Å². The number of aliphatic hydroxyl groups excluding tert-OH is 1. The van der Waals surface area contributed by atoms with E-state index in [1.165, 1.54) is 12.1 Å². The zero-order valence-electron chi connectivity index (χ0n) is 18.9. The average molecular weight is 457 g/mol. The summed E-state index contributed by atoms with van der Waals surface area (Å²) in [5.74, 6) is -1.47. The van der Waals surface area contributed by atoms with Gasteiger partial charge in [-0.05, 0) is 46.5 Å². The molecule has 7 unspecified atom stereocenters. The van der Waals surface area contributed by atoms with Crippen molar-refractivity contribution in [1.29, 1.82) is 0 Å². The van der Waals surface area contributed by atoms with E-state index >= 15 is 0 Å². The number of carbonyl (C=O) groups excluding carboxylic acids is 3. The first-order valence-corrected chi connectivity index (χ1v) is 11.1. The van der Waals surface area contributed by atoms with Crippen molar-refractivity contribution in [2.45, 2.75) is 69.4 Å². The molecule has 33 heavy (non-hydrogen) atoms. The van der Waals surface area contributed by atoms with Crippen LogP contribution in [-0.4, -0.2) is 83.3 Å². The summed E-state index contributed by atoms with van der Waals surface area (Å²) < 4.78 is 17.1. The highest BCUT2D eigenvalue weighted by atomic mass is 16.6. The number of esters is 1. The Morgan fingerprint density at radius 2 is 1.67 bits per heavy atom. The lowest BCUT2D eigenvalue weighted by Crippen LogP contribution is -2.50. The van der Waals surface area contributed by atoms with Crippen molar-refractivity contribution in [1.82, 2.24) is 4.90 Å². The van der Waals surface area contributed by atoms with E-state index < -0.39 is 48.4 Å². The minimum atomic E-state index is -0.917. The third-order valence-corrected chi connectivity index (χ3v) is 7.19. The summed E-state index contributed by atoms with van der Waals surface area (Å²) in [5.41, 5.74) is 0.962. The number of Topliss-reactive ketones (excluding diaryl/α,β-unsaturated/α-hetero) is 2. The molecule has 1 aromatic carbocycles. The Bertz CT molecular complexity index is 1090. The van der Waals surface area contributed by atoms with Gasteiger partial charge in [-0.15, -0.1) is 0 Å². The van der Waals surface area contributed by atoms with Gasteiger partial charge in [0.2, 0.25) is 0 Å². The van der Waals surface area contributed by atoms with Crippen LogP contribution in [0.25, 0.3) is 0 Å². The molecule has 4 aliphatic rings. The molecule has 5 rings (SSSR count). The monoisotopic (exact) mass is 457 g/mol. The highest BCUT2D eigenvalue weighted by molar-refractivity contribution is 6.28. The van der Waals surface area contributed by atoms with Crippen LogP contribution in [0, 0.1) is 0 Å². The van der Waals surface area contributed by atoms with Gasteiger partial charge in [0.05, 0.1) is 36.4 Å². The molecule has 2 N–H and O–H groups in total. The summed E-state index contributed by atoms with van der Waals surface area (Å²) in [4.78, 5) is 40.7. The van der Waals surface area contributed by atoms with Crippen molar-refractivity contribution in [3.8, 4) is 5.75 Å². The van der Waals surface area contributed by atoms with Crippen molar-refractivity contribution in [3.05, 3.63) is 40.0 Å². The number of phenolic OH excluding ortho intramolecular Hbond substituents is 1. The zero-order chi connectivity index (χ0) is 23.8. The van der Waals surface area contributed by atoms with Crippen molar-refractivity contribution in [2.24, 2.45) is 0 Å². The topological polar surface area (TPSA) is 123 Å². The van der Waals surface area contributed by atoms with Gasteiger partial charge in [-0.3, -0.25) is 14.4 Å². The first kappa shape index (κ1) is 22.2. The smallest absolute Gasteiger partial charge is 0.309 e. The van der Waals surface area contributed by atoms with E-state index in [9.17, 15) is 24.6 Å². The van der Waals surface area contributed by atoms with Crippen LogP contribution in [0.4, 0.5) is 0 Å². The third kappa shape index (κ3) is 3.33. The molecule has 7 atom stereocenters. The van der Waals surface area contributed by atoms with E-state index in [0.717, 1.165) is 0 Å². The van der Waals surface area contributed by atoms with Crippen molar-refractivity contribution >= 4 is 17.5 Å². The summed E-state index contributed by atoms with van der Waals surface area (Å²) in [6, 6.07) is 2.60. The SMILES string of the molecule is CC1OC2CC(=O)OC2C2=C1C(=O)c1cc(C3CC(N(C)C)C(O)C(C)O3)c(O)cc1C2=O. The molecule has 3 heterocycles. The fourth-order valence-corrected chi connectivity index (χ4v) is 5.47. The lowest BCUT2D eigenvalue weighted by atomic mass is 9.76. The molecule has 0 saturated carbocycles. The number of nitrogens with zero attached hydrogens (tertiary/aromatic N) is 1. The number of aromatic hydroxyl groups is 1. The maximum Gasteiger partial charge on any atom is 0.309 e. The van der Waals surface area contributed by atoms with Crippen molar-refractivity contribution < 1.29 is 38.8 Å². The van der Waals surface area contributed by atoms with Gasteiger partial charge in [0.1, 0.15) is 11.9 Å². The summed E-state index contributed by atoms with van der Waals surface area (Å²) in [6.45, 7) is 3.44. The Balaban J connectivity index is 1.56. The van der Waals surface area contributed by atoms with Gasteiger partial charge in [0.15, 0.2) is 17.7 Å². The van der Waals surface area contributed by atoms with Gasteiger partial charge in [-0.25, -0.2) is 0 Å². The van der Waals surface area contributed by atoms with Crippen LogP contribution in [0.15, 0.2) is 23.3 Å². The second-order valence-electron chi connectivity index (χ2n) is 9.46. The summed E-state index contributed by atoms with van der Waals surface area (Å²) >= 11 is 0. The maximum absolute atomic E-state index is 13.5. The number of rotatable bonds is 2. The van der Waals surface area contributed by atoms with Gasteiger partial charge in [0, 0.05) is 28.3 Å². The van der Waals surface area contributed by atoms with Crippen molar-refractivity contribution in [2.75, 3.05) is 14.1 Å². The Labute approximate surface area is 190 Å². The van der Waals surface area contributed by atoms with Crippen molar-refractivity contribution in [3.63, 3.8) is 0 Å². The van der Waals surface area contributed by atoms with Gasteiger partial charge in [-0.1, -0.05) is 0 Å². The predicted octanol–water partition coefficient (Wildman–Crippen LogP) is 1.31. The number of aliphatic hydroxyl groups is 1. The van der Waals surface area contributed by atoms with Crippen LogP contribution >= 0.6 is 0 Å². The quantitative estimate of drug-likeness (QED) is 0.633. The van der Waals surface area contributed by atoms with Crippen LogP contribution in [-0.2, 0) is 19.0 Å². The molecule has 176 valence electrons. The molecule has 0 radical (unpaired) electrons. The number of ketones is 2. The Kier molecular flexibility index (Phi) is 5.20. The second kappa shape index (κ2) is 7.73. The molecule has 1 aliphatic carbocycles. The molecular weight excluding hydrogens is 430 g/mol. The average Bonchev–Trinajstić information content (AvgIpc) is 3.12. The zero-order valence-corrected chi connectivity index (χ0v) is 18.9. The lowest BCUT2D eigenvalue weighted by Gasteiger charge is -2.41. The molecule has 0 bridgehead atoms. The molecule has 2 fully saturated rings. The molecule has 0 amide bonds. The van der Waals surface area contributed by atoms with E-state index in [1.54, 1.807) is 13.8 Å². The number of carbonyl (C=O) groups is 3. The standard InChI is InChI=1S/C24H27NO8/c1-9-19-20(24-17(31-9)8-18(27)33-24)23(30)12-6-15(26)13(5-11(12)22(19)29)16-7-14(25(3)4)21(28)10(2)32-16/h5-6,9-10,14,16-17,21,24,26,28H,7-8H2,1-4H3. The number of hydrogen-bond donors (Lipinski definition) is 2. The second-order valence-corrected chi connectivity index (χ2v) is 9.46. The van der Waals surface area contributed by atoms with E-state index in [0.29, 0.717) is 12.0 Å². The maximum atomic E-state index is 13.5. The van der Waals surface area contributed by atoms with Crippen LogP contribution in [0.1, 0.15) is 59.1 Å². The first-order valence-electron chi connectivity index (χ1n) is 11.1. The largest absolute Gasteiger partial charge is 0.508 e. The minimum absolute atomic E-state index is 0.0282. The third-order valence-electron chi connectivity index (χ3n) is 7.19. The summed E-state index contributed by atoms with van der Waals surface area (Å²) in [5, 5.41) is 21.3. The number of phenols is 1. The van der Waals surface area contributed by atoms with E-state index in [1.807, 2.05) is 19.0 Å². The number of hydrogen-bond acceptors (Lipinski definition) is 9. The molecule has 9 nitrogen and oxygen atoms in total. The number of likely N-dealkylation sites (N-methyl/N-ethyl adjacent to an activating group) is 1.